The summed E-state index contributed by atoms with van der Waals surface area (Å²) in [5.74, 6) is 0.522. The Balaban J connectivity index is 1.95. The van der Waals surface area contributed by atoms with Gasteiger partial charge in [0.25, 0.3) is 0 Å². The maximum absolute atomic E-state index is 13.5. The Kier molecular flexibility index (Phi) is 3.78. The molecule has 0 N–H and O–H groups in total. The molecular weight excluding hydrogens is 257 g/mol. The maximum atomic E-state index is 13.5. The van der Waals surface area contributed by atoms with Crippen LogP contribution in [0.3, 0.4) is 0 Å². The van der Waals surface area contributed by atoms with E-state index >= 15 is 0 Å². The fourth-order valence-corrected chi connectivity index (χ4v) is 2.67. The van der Waals surface area contributed by atoms with E-state index in [1.165, 1.54) is 18.5 Å². The number of nitrogens with zero attached hydrogens (tertiary/aromatic N) is 3. The molecule has 1 saturated heterocycles. The van der Waals surface area contributed by atoms with Crippen molar-refractivity contribution in [2.45, 2.75) is 25.9 Å². The monoisotopic (exact) mass is 275 g/mol. The van der Waals surface area contributed by atoms with Gasteiger partial charge in [-0.05, 0) is 38.0 Å². The van der Waals surface area contributed by atoms with Crippen molar-refractivity contribution in [2.24, 2.45) is 0 Å². The summed E-state index contributed by atoms with van der Waals surface area (Å²) >= 11 is 0. The van der Waals surface area contributed by atoms with Gasteiger partial charge in [0.1, 0.15) is 18.0 Å². The number of fused-ring (bicyclic) bond motifs is 1. The van der Waals surface area contributed by atoms with Crippen molar-refractivity contribution >= 4 is 16.7 Å². The lowest BCUT2D eigenvalue weighted by Gasteiger charge is -2.25. The van der Waals surface area contributed by atoms with Crippen molar-refractivity contribution < 1.29 is 9.13 Å². The lowest BCUT2D eigenvalue weighted by Crippen LogP contribution is -2.32. The number of anilines is 1. The molecule has 1 unspecified atom stereocenters. The molecule has 1 aromatic heterocycles. The molecule has 20 heavy (non-hydrogen) atoms. The molecule has 0 aliphatic carbocycles. The van der Waals surface area contributed by atoms with E-state index in [0.717, 1.165) is 49.3 Å². The van der Waals surface area contributed by atoms with E-state index in [4.69, 9.17) is 4.74 Å². The highest BCUT2D eigenvalue weighted by Crippen LogP contribution is 2.25. The number of hydrogen-bond acceptors (Lipinski definition) is 4. The minimum atomic E-state index is -0.262. The molecule has 5 heteroatoms. The maximum Gasteiger partial charge on any atom is 0.140 e. The first-order valence-corrected chi connectivity index (χ1v) is 7.04. The van der Waals surface area contributed by atoms with Crippen LogP contribution in [0.1, 0.15) is 19.8 Å². The zero-order valence-electron chi connectivity index (χ0n) is 11.6. The van der Waals surface area contributed by atoms with Gasteiger partial charge in [0, 0.05) is 25.1 Å². The largest absolute Gasteiger partial charge is 0.376 e. The molecule has 1 aliphatic rings. The van der Waals surface area contributed by atoms with Gasteiger partial charge in [0.05, 0.1) is 11.6 Å². The fourth-order valence-electron chi connectivity index (χ4n) is 2.67. The highest BCUT2D eigenvalue weighted by Gasteiger charge is 2.20. The molecule has 2 heterocycles. The van der Waals surface area contributed by atoms with Gasteiger partial charge in [-0.15, -0.1) is 0 Å². The zero-order chi connectivity index (χ0) is 13.9. The van der Waals surface area contributed by atoms with E-state index in [2.05, 4.69) is 21.8 Å². The van der Waals surface area contributed by atoms with Gasteiger partial charge in [-0.1, -0.05) is 0 Å². The molecule has 2 aromatic rings. The summed E-state index contributed by atoms with van der Waals surface area (Å²) in [5.41, 5.74) is 0.766. The highest BCUT2D eigenvalue weighted by molar-refractivity contribution is 5.89. The fraction of sp³-hybridized carbons (Fsp3) is 0.467. The van der Waals surface area contributed by atoms with Crippen LogP contribution >= 0.6 is 0 Å². The van der Waals surface area contributed by atoms with E-state index in [-0.39, 0.29) is 11.9 Å². The molecule has 0 bridgehead atoms. The number of rotatable bonds is 4. The van der Waals surface area contributed by atoms with Gasteiger partial charge < -0.3 is 9.64 Å². The second kappa shape index (κ2) is 5.71. The Morgan fingerprint density at radius 1 is 1.40 bits per heavy atom. The number of halogens is 1. The number of hydrogen-bond donors (Lipinski definition) is 0. The average molecular weight is 275 g/mol. The Hall–Kier alpha value is -1.75. The highest BCUT2D eigenvalue weighted by atomic mass is 19.1. The Labute approximate surface area is 117 Å². The average Bonchev–Trinajstić information content (AvgIpc) is 2.97. The Bertz CT molecular complexity index is 599. The van der Waals surface area contributed by atoms with Crippen LogP contribution in [0.25, 0.3) is 10.9 Å². The predicted octanol–water partition coefficient (Wildman–Crippen LogP) is 2.77. The third-order valence-corrected chi connectivity index (χ3v) is 3.71. The van der Waals surface area contributed by atoms with E-state index in [9.17, 15) is 4.39 Å². The molecule has 1 fully saturated rings. The summed E-state index contributed by atoms with van der Waals surface area (Å²) in [7, 11) is 0. The quantitative estimate of drug-likeness (QED) is 0.860. The molecule has 0 radical (unpaired) electrons. The van der Waals surface area contributed by atoms with Gasteiger partial charge in [0.15, 0.2) is 0 Å². The number of benzene rings is 1. The van der Waals surface area contributed by atoms with Crippen molar-refractivity contribution in [1.82, 2.24) is 9.97 Å². The SMILES string of the molecule is CCN(CC1CCCO1)c1ncnc2ccc(F)cc12. The lowest BCUT2D eigenvalue weighted by molar-refractivity contribution is 0.115. The van der Waals surface area contributed by atoms with Crippen molar-refractivity contribution in [1.29, 1.82) is 0 Å². The Morgan fingerprint density at radius 3 is 3.05 bits per heavy atom. The normalized spacial score (nSPS) is 18.6. The van der Waals surface area contributed by atoms with Gasteiger partial charge in [-0.3, -0.25) is 0 Å². The smallest absolute Gasteiger partial charge is 0.140 e. The van der Waals surface area contributed by atoms with Crippen molar-refractivity contribution in [3.63, 3.8) is 0 Å². The Morgan fingerprint density at radius 2 is 2.30 bits per heavy atom. The topological polar surface area (TPSA) is 38.2 Å². The minimum absolute atomic E-state index is 0.244. The first-order chi connectivity index (χ1) is 9.78. The van der Waals surface area contributed by atoms with Crippen molar-refractivity contribution in [3.8, 4) is 0 Å². The molecule has 0 amide bonds. The molecule has 0 spiro atoms. The van der Waals surface area contributed by atoms with Crippen LogP contribution in [0.2, 0.25) is 0 Å². The molecule has 1 atom stereocenters. The van der Waals surface area contributed by atoms with Gasteiger partial charge >= 0.3 is 0 Å². The molecule has 4 nitrogen and oxygen atoms in total. The zero-order valence-corrected chi connectivity index (χ0v) is 11.6. The summed E-state index contributed by atoms with van der Waals surface area (Å²) in [4.78, 5) is 10.7. The van der Waals surface area contributed by atoms with Crippen LogP contribution in [0.5, 0.6) is 0 Å². The summed E-state index contributed by atoms with van der Waals surface area (Å²) in [6.45, 7) is 4.51. The van der Waals surface area contributed by atoms with E-state index in [0.29, 0.717) is 0 Å². The summed E-state index contributed by atoms with van der Waals surface area (Å²) in [6, 6.07) is 4.62. The van der Waals surface area contributed by atoms with E-state index in [1.54, 1.807) is 6.07 Å². The number of likely N-dealkylation sites (N-methyl/N-ethyl adjacent to an activating group) is 1. The third-order valence-electron chi connectivity index (χ3n) is 3.71. The van der Waals surface area contributed by atoms with Crippen molar-refractivity contribution in [2.75, 3.05) is 24.6 Å². The first kappa shape index (κ1) is 13.2. The minimum Gasteiger partial charge on any atom is -0.376 e. The molecule has 1 aromatic carbocycles. The van der Waals surface area contributed by atoms with E-state index < -0.39 is 0 Å². The number of ether oxygens (including phenoxy) is 1. The third kappa shape index (κ3) is 2.58. The summed E-state index contributed by atoms with van der Waals surface area (Å²) in [6.07, 6.45) is 3.97. The van der Waals surface area contributed by atoms with Gasteiger partial charge in [-0.2, -0.15) is 0 Å². The van der Waals surface area contributed by atoms with Crippen LogP contribution in [-0.2, 0) is 4.74 Å². The van der Waals surface area contributed by atoms with Crippen molar-refractivity contribution in [3.05, 3.63) is 30.3 Å². The predicted molar refractivity (Wildman–Crippen MR) is 76.4 cm³/mol. The molecule has 106 valence electrons. The standard InChI is InChI=1S/C15H18FN3O/c1-2-19(9-12-4-3-7-20-12)15-13-8-11(16)5-6-14(13)17-10-18-15/h5-6,8,10,12H,2-4,7,9H2,1H3. The first-order valence-electron chi connectivity index (χ1n) is 7.04. The lowest BCUT2D eigenvalue weighted by atomic mass is 10.2. The van der Waals surface area contributed by atoms with Crippen LogP contribution < -0.4 is 4.90 Å². The number of aromatic nitrogens is 2. The van der Waals surface area contributed by atoms with Crippen LogP contribution in [0, 0.1) is 5.82 Å². The van der Waals surface area contributed by atoms with Crippen LogP contribution in [-0.4, -0.2) is 35.8 Å². The molecule has 1 aliphatic heterocycles. The second-order valence-electron chi connectivity index (χ2n) is 5.03. The summed E-state index contributed by atoms with van der Waals surface area (Å²) < 4.78 is 19.2. The van der Waals surface area contributed by atoms with Gasteiger partial charge in [-0.25, -0.2) is 14.4 Å². The second-order valence-corrected chi connectivity index (χ2v) is 5.03. The molecule has 0 saturated carbocycles. The molecule has 3 rings (SSSR count). The van der Waals surface area contributed by atoms with E-state index in [1.807, 2.05) is 0 Å². The summed E-state index contributed by atoms with van der Waals surface area (Å²) in [5, 5.41) is 0.757. The van der Waals surface area contributed by atoms with Gasteiger partial charge in [0.2, 0.25) is 0 Å². The molecular formula is C15H18FN3O. The van der Waals surface area contributed by atoms with Crippen LogP contribution in [0.4, 0.5) is 10.2 Å². The van der Waals surface area contributed by atoms with Crippen LogP contribution in [0.15, 0.2) is 24.5 Å².